The van der Waals surface area contributed by atoms with Gasteiger partial charge in [-0.1, -0.05) is 12.8 Å². The van der Waals surface area contributed by atoms with Crippen LogP contribution in [0.4, 0.5) is 5.69 Å². The van der Waals surface area contributed by atoms with Crippen molar-refractivity contribution in [3.05, 3.63) is 26.6 Å². The number of halogens is 2. The van der Waals surface area contributed by atoms with Gasteiger partial charge in [0.05, 0.1) is 24.5 Å². The van der Waals surface area contributed by atoms with Crippen molar-refractivity contribution < 1.29 is 9.84 Å². The number of benzene rings is 1. The number of anilines is 1. The van der Waals surface area contributed by atoms with E-state index in [1.165, 1.54) is 18.4 Å². The molecule has 3 nitrogen and oxygen atoms in total. The first-order valence-corrected chi connectivity index (χ1v) is 8.64. The van der Waals surface area contributed by atoms with Crippen molar-refractivity contribution in [3.8, 4) is 0 Å². The van der Waals surface area contributed by atoms with Gasteiger partial charge in [-0.2, -0.15) is 0 Å². The molecular formula is C15H21Br2NO2. The molecule has 0 saturated heterocycles. The van der Waals surface area contributed by atoms with Crippen LogP contribution in [0, 0.1) is 6.92 Å². The zero-order valence-electron chi connectivity index (χ0n) is 11.7. The van der Waals surface area contributed by atoms with E-state index in [0.29, 0.717) is 19.3 Å². The third-order valence-electron chi connectivity index (χ3n) is 3.53. The lowest BCUT2D eigenvalue weighted by atomic mass is 10.2. The minimum absolute atomic E-state index is 0.350. The molecule has 20 heavy (non-hydrogen) atoms. The van der Waals surface area contributed by atoms with Crippen LogP contribution < -0.4 is 5.32 Å². The Morgan fingerprint density at radius 2 is 1.90 bits per heavy atom. The fraction of sp³-hybridized carbons (Fsp3) is 0.600. The van der Waals surface area contributed by atoms with Crippen molar-refractivity contribution in [2.45, 2.75) is 44.8 Å². The minimum atomic E-state index is -0.490. The first kappa shape index (κ1) is 16.3. The lowest BCUT2D eigenvalue weighted by Gasteiger charge is -2.18. The van der Waals surface area contributed by atoms with E-state index in [4.69, 9.17) is 4.74 Å². The Morgan fingerprint density at radius 1 is 1.30 bits per heavy atom. The molecule has 2 rings (SSSR count). The first-order valence-electron chi connectivity index (χ1n) is 7.05. The van der Waals surface area contributed by atoms with Gasteiger partial charge < -0.3 is 15.2 Å². The maximum atomic E-state index is 9.99. The van der Waals surface area contributed by atoms with E-state index in [9.17, 15) is 5.11 Å². The summed E-state index contributed by atoms with van der Waals surface area (Å²) in [6, 6.07) is 4.10. The predicted octanol–water partition coefficient (Wildman–Crippen LogP) is 4.25. The topological polar surface area (TPSA) is 41.5 Å². The molecule has 0 heterocycles. The monoisotopic (exact) mass is 405 g/mol. The van der Waals surface area contributed by atoms with Gasteiger partial charge in [0.25, 0.3) is 0 Å². The molecule has 1 aromatic carbocycles. The molecule has 0 amide bonds. The fourth-order valence-electron chi connectivity index (χ4n) is 2.45. The molecular weight excluding hydrogens is 386 g/mol. The van der Waals surface area contributed by atoms with Crippen LogP contribution >= 0.6 is 31.9 Å². The second-order valence-electron chi connectivity index (χ2n) is 5.38. The average molecular weight is 407 g/mol. The largest absolute Gasteiger partial charge is 0.389 e. The Hall–Kier alpha value is -0.100. The van der Waals surface area contributed by atoms with Crippen LogP contribution in [0.5, 0.6) is 0 Å². The zero-order chi connectivity index (χ0) is 14.5. The van der Waals surface area contributed by atoms with Crippen LogP contribution in [0.3, 0.4) is 0 Å². The molecule has 0 radical (unpaired) electrons. The third-order valence-corrected chi connectivity index (χ3v) is 4.78. The summed E-state index contributed by atoms with van der Waals surface area (Å²) in [5.74, 6) is 0. The quantitative estimate of drug-likeness (QED) is 0.741. The number of ether oxygens (including phenoxy) is 1. The van der Waals surface area contributed by atoms with Crippen molar-refractivity contribution >= 4 is 37.5 Å². The van der Waals surface area contributed by atoms with Gasteiger partial charge in [0, 0.05) is 15.5 Å². The zero-order valence-corrected chi connectivity index (χ0v) is 14.8. The first-order chi connectivity index (χ1) is 9.56. The van der Waals surface area contributed by atoms with Gasteiger partial charge in [-0.3, -0.25) is 0 Å². The molecule has 1 aromatic rings. The normalized spacial score (nSPS) is 17.4. The summed E-state index contributed by atoms with van der Waals surface area (Å²) in [5.41, 5.74) is 2.15. The Morgan fingerprint density at radius 3 is 2.50 bits per heavy atom. The Labute approximate surface area is 137 Å². The molecule has 1 aliphatic rings. The highest BCUT2D eigenvalue weighted by atomic mass is 79.9. The average Bonchev–Trinajstić information content (AvgIpc) is 2.88. The molecule has 1 aliphatic carbocycles. The molecule has 0 aromatic heterocycles. The van der Waals surface area contributed by atoms with Crippen LogP contribution in [0.1, 0.15) is 31.2 Å². The summed E-state index contributed by atoms with van der Waals surface area (Å²) in [6.07, 6.45) is 4.63. The number of hydrogen-bond donors (Lipinski definition) is 2. The van der Waals surface area contributed by atoms with E-state index >= 15 is 0 Å². The molecule has 0 spiro atoms. The summed E-state index contributed by atoms with van der Waals surface area (Å²) in [4.78, 5) is 0. The standard InChI is InChI=1S/C15H21Br2NO2/c1-10-6-13(16)15(14(17)7-10)18-8-11(19)9-20-12-4-2-3-5-12/h6-7,11-12,18-19H,2-5,8-9H2,1H3. The second-order valence-corrected chi connectivity index (χ2v) is 7.09. The van der Waals surface area contributed by atoms with Gasteiger partial charge in [0.2, 0.25) is 0 Å². The number of nitrogens with one attached hydrogen (secondary N) is 1. The summed E-state index contributed by atoms with van der Waals surface area (Å²) in [6.45, 7) is 2.93. The minimum Gasteiger partial charge on any atom is -0.389 e. The molecule has 1 unspecified atom stereocenters. The van der Waals surface area contributed by atoms with Crippen molar-refractivity contribution in [1.82, 2.24) is 0 Å². The van der Waals surface area contributed by atoms with E-state index in [-0.39, 0.29) is 0 Å². The number of aliphatic hydroxyl groups excluding tert-OH is 1. The van der Waals surface area contributed by atoms with Gasteiger partial charge in [0.1, 0.15) is 0 Å². The van der Waals surface area contributed by atoms with Gasteiger partial charge in [-0.25, -0.2) is 0 Å². The van der Waals surface area contributed by atoms with Crippen LogP contribution in [-0.2, 0) is 4.74 Å². The molecule has 112 valence electrons. The highest BCUT2D eigenvalue weighted by Crippen LogP contribution is 2.32. The number of aliphatic hydroxyl groups is 1. The van der Waals surface area contributed by atoms with Crippen LogP contribution in [0.15, 0.2) is 21.1 Å². The van der Waals surface area contributed by atoms with Gasteiger partial charge in [-0.05, 0) is 69.3 Å². The summed E-state index contributed by atoms with van der Waals surface area (Å²) < 4.78 is 7.71. The van der Waals surface area contributed by atoms with Crippen molar-refractivity contribution in [1.29, 1.82) is 0 Å². The lowest BCUT2D eigenvalue weighted by Crippen LogP contribution is -2.27. The van der Waals surface area contributed by atoms with E-state index in [1.54, 1.807) is 0 Å². The summed E-state index contributed by atoms with van der Waals surface area (Å²) >= 11 is 7.07. The van der Waals surface area contributed by atoms with Gasteiger partial charge in [-0.15, -0.1) is 0 Å². The van der Waals surface area contributed by atoms with Gasteiger partial charge in [0.15, 0.2) is 0 Å². The Balaban J connectivity index is 1.79. The maximum absolute atomic E-state index is 9.99. The Kier molecular flexibility index (Phi) is 6.33. The fourth-order valence-corrected chi connectivity index (χ4v) is 4.15. The second kappa shape index (κ2) is 7.78. The van der Waals surface area contributed by atoms with Crippen molar-refractivity contribution in [2.75, 3.05) is 18.5 Å². The van der Waals surface area contributed by atoms with Crippen molar-refractivity contribution in [3.63, 3.8) is 0 Å². The summed E-state index contributed by atoms with van der Waals surface area (Å²) in [7, 11) is 0. The highest BCUT2D eigenvalue weighted by molar-refractivity contribution is 9.11. The van der Waals surface area contributed by atoms with Crippen LogP contribution in [0.25, 0.3) is 0 Å². The molecule has 1 saturated carbocycles. The summed E-state index contributed by atoms with van der Waals surface area (Å²) in [5, 5.41) is 13.2. The van der Waals surface area contributed by atoms with E-state index in [1.807, 2.05) is 6.92 Å². The molecule has 2 N–H and O–H groups in total. The SMILES string of the molecule is Cc1cc(Br)c(NCC(O)COC2CCCC2)c(Br)c1. The third kappa shape index (κ3) is 4.72. The van der Waals surface area contributed by atoms with Crippen LogP contribution in [0.2, 0.25) is 0 Å². The number of rotatable bonds is 6. The van der Waals surface area contributed by atoms with E-state index in [2.05, 4.69) is 49.3 Å². The maximum Gasteiger partial charge on any atom is 0.0945 e. The van der Waals surface area contributed by atoms with Crippen molar-refractivity contribution in [2.24, 2.45) is 0 Å². The molecule has 0 aliphatic heterocycles. The van der Waals surface area contributed by atoms with E-state index < -0.39 is 6.10 Å². The van der Waals surface area contributed by atoms with Crippen LogP contribution in [-0.4, -0.2) is 30.5 Å². The molecule has 5 heteroatoms. The smallest absolute Gasteiger partial charge is 0.0945 e. The predicted molar refractivity (Wildman–Crippen MR) is 89.3 cm³/mol. The van der Waals surface area contributed by atoms with E-state index in [0.717, 1.165) is 27.5 Å². The molecule has 1 atom stereocenters. The highest BCUT2D eigenvalue weighted by Gasteiger charge is 2.17. The number of hydrogen-bond acceptors (Lipinski definition) is 3. The van der Waals surface area contributed by atoms with Gasteiger partial charge >= 0.3 is 0 Å². The molecule has 0 bridgehead atoms. The number of aryl methyl sites for hydroxylation is 1. The molecule has 1 fully saturated rings. The lowest BCUT2D eigenvalue weighted by molar-refractivity contribution is -0.00117. The Bertz CT molecular complexity index is 424.